The van der Waals surface area contributed by atoms with Crippen molar-refractivity contribution in [3.05, 3.63) is 60.0 Å². The lowest BCUT2D eigenvalue weighted by Crippen LogP contribution is -1.92. The van der Waals surface area contributed by atoms with Gasteiger partial charge in [-0.05, 0) is 36.2 Å². The predicted molar refractivity (Wildman–Crippen MR) is 86.7 cm³/mol. The molecule has 0 saturated heterocycles. The minimum Gasteiger partial charge on any atom is -0.497 e. The molecule has 0 bridgehead atoms. The Morgan fingerprint density at radius 3 is 2.43 bits per heavy atom. The van der Waals surface area contributed by atoms with Crippen LogP contribution in [-0.4, -0.2) is 24.4 Å². The van der Waals surface area contributed by atoms with Crippen LogP contribution in [0.1, 0.15) is 11.5 Å². The third kappa shape index (κ3) is 3.69. The number of ether oxygens (including phenoxy) is 2. The highest BCUT2D eigenvalue weighted by Crippen LogP contribution is 2.21. The van der Waals surface area contributed by atoms with Gasteiger partial charge >= 0.3 is 0 Å². The molecule has 3 aromatic rings. The molecule has 1 heterocycles. The molecule has 0 fully saturated rings. The minimum absolute atomic E-state index is 0.577. The number of benzene rings is 2. The summed E-state index contributed by atoms with van der Waals surface area (Å²) in [5, 5.41) is 4.04. The highest BCUT2D eigenvalue weighted by atomic mass is 16.5. The maximum Gasteiger partial charge on any atom is 0.227 e. The molecule has 2 aromatic carbocycles. The molecule has 3 rings (SSSR count). The lowest BCUT2D eigenvalue weighted by atomic mass is 10.1. The molecule has 23 heavy (non-hydrogen) atoms. The van der Waals surface area contributed by atoms with Crippen molar-refractivity contribution < 1.29 is 14.0 Å². The van der Waals surface area contributed by atoms with Gasteiger partial charge in [0.25, 0.3) is 0 Å². The molecule has 5 heteroatoms. The number of aromatic nitrogens is 2. The van der Waals surface area contributed by atoms with E-state index in [4.69, 9.17) is 14.0 Å². The average molecular weight is 310 g/mol. The zero-order chi connectivity index (χ0) is 16.1. The fraction of sp³-hybridized carbons (Fsp3) is 0.222. The van der Waals surface area contributed by atoms with Crippen molar-refractivity contribution >= 4 is 0 Å². The first-order chi connectivity index (χ1) is 11.3. The Hall–Kier alpha value is -2.82. The van der Waals surface area contributed by atoms with Crippen LogP contribution in [0.2, 0.25) is 0 Å². The van der Waals surface area contributed by atoms with Crippen LogP contribution >= 0.6 is 0 Å². The van der Waals surface area contributed by atoms with E-state index in [1.807, 2.05) is 48.5 Å². The molecular formula is C18H18N2O3. The van der Waals surface area contributed by atoms with E-state index in [1.165, 1.54) is 5.56 Å². The molecule has 0 N–H and O–H groups in total. The number of nitrogens with zero attached hydrogens (tertiary/aromatic N) is 2. The van der Waals surface area contributed by atoms with Crippen molar-refractivity contribution in [1.82, 2.24) is 10.1 Å². The quantitative estimate of drug-likeness (QED) is 0.697. The fourth-order valence-electron chi connectivity index (χ4n) is 2.28. The third-order valence-electron chi connectivity index (χ3n) is 3.58. The SMILES string of the molecule is COc1ccc(CCc2nc(-c3cccc(OC)c3)no2)cc1. The van der Waals surface area contributed by atoms with Crippen LogP contribution in [0.4, 0.5) is 0 Å². The summed E-state index contributed by atoms with van der Waals surface area (Å²) in [6, 6.07) is 15.6. The van der Waals surface area contributed by atoms with Crippen molar-refractivity contribution in [1.29, 1.82) is 0 Å². The largest absolute Gasteiger partial charge is 0.497 e. The Bertz CT molecular complexity index is 766. The Kier molecular flexibility index (Phi) is 4.57. The number of hydrogen-bond donors (Lipinski definition) is 0. The van der Waals surface area contributed by atoms with E-state index >= 15 is 0 Å². The summed E-state index contributed by atoms with van der Waals surface area (Å²) in [6.07, 6.45) is 1.53. The summed E-state index contributed by atoms with van der Waals surface area (Å²) in [5.41, 5.74) is 2.08. The van der Waals surface area contributed by atoms with Gasteiger partial charge in [-0.25, -0.2) is 0 Å². The van der Waals surface area contributed by atoms with Gasteiger partial charge in [-0.15, -0.1) is 0 Å². The summed E-state index contributed by atoms with van der Waals surface area (Å²) >= 11 is 0. The Labute approximate surface area is 134 Å². The van der Waals surface area contributed by atoms with Crippen molar-refractivity contribution in [2.45, 2.75) is 12.8 Å². The van der Waals surface area contributed by atoms with Crippen molar-refractivity contribution in [2.24, 2.45) is 0 Å². The van der Waals surface area contributed by atoms with Crippen LogP contribution < -0.4 is 9.47 Å². The van der Waals surface area contributed by atoms with Gasteiger partial charge in [-0.3, -0.25) is 0 Å². The average Bonchev–Trinajstić information content (AvgIpc) is 3.09. The van der Waals surface area contributed by atoms with Gasteiger partial charge in [0.2, 0.25) is 11.7 Å². The lowest BCUT2D eigenvalue weighted by molar-refractivity contribution is 0.378. The smallest absolute Gasteiger partial charge is 0.227 e. The third-order valence-corrected chi connectivity index (χ3v) is 3.58. The Morgan fingerprint density at radius 2 is 1.70 bits per heavy atom. The fourth-order valence-corrected chi connectivity index (χ4v) is 2.28. The Balaban J connectivity index is 1.66. The minimum atomic E-state index is 0.577. The van der Waals surface area contributed by atoms with E-state index in [1.54, 1.807) is 14.2 Å². The molecule has 118 valence electrons. The van der Waals surface area contributed by atoms with Crippen LogP contribution in [0.3, 0.4) is 0 Å². The maximum absolute atomic E-state index is 5.33. The van der Waals surface area contributed by atoms with Gasteiger partial charge in [0.05, 0.1) is 14.2 Å². The first kappa shape index (κ1) is 15.1. The molecule has 0 spiro atoms. The second-order valence-corrected chi connectivity index (χ2v) is 5.09. The van der Waals surface area contributed by atoms with Crippen LogP contribution in [0.15, 0.2) is 53.1 Å². The zero-order valence-corrected chi connectivity index (χ0v) is 13.2. The Morgan fingerprint density at radius 1 is 0.913 bits per heavy atom. The van der Waals surface area contributed by atoms with Crippen LogP contribution in [0.5, 0.6) is 11.5 Å². The van der Waals surface area contributed by atoms with Gasteiger partial charge in [0, 0.05) is 12.0 Å². The van der Waals surface area contributed by atoms with E-state index < -0.39 is 0 Å². The zero-order valence-electron chi connectivity index (χ0n) is 13.2. The van der Waals surface area contributed by atoms with Crippen LogP contribution in [0, 0.1) is 0 Å². The van der Waals surface area contributed by atoms with Gasteiger partial charge in [-0.1, -0.05) is 29.4 Å². The summed E-state index contributed by atoms with van der Waals surface area (Å²) in [5.74, 6) is 2.83. The number of methoxy groups -OCH3 is 2. The van der Waals surface area contributed by atoms with Gasteiger partial charge in [0.15, 0.2) is 0 Å². The number of hydrogen-bond acceptors (Lipinski definition) is 5. The van der Waals surface area contributed by atoms with Crippen LogP contribution in [-0.2, 0) is 12.8 Å². The second-order valence-electron chi connectivity index (χ2n) is 5.09. The van der Waals surface area contributed by atoms with Crippen LogP contribution in [0.25, 0.3) is 11.4 Å². The molecule has 0 aliphatic rings. The molecule has 0 atom stereocenters. The van der Waals surface area contributed by atoms with Crippen molar-refractivity contribution in [2.75, 3.05) is 14.2 Å². The lowest BCUT2D eigenvalue weighted by Gasteiger charge is -2.01. The van der Waals surface area contributed by atoms with Gasteiger partial charge < -0.3 is 14.0 Å². The summed E-state index contributed by atoms with van der Waals surface area (Å²) in [6.45, 7) is 0. The molecule has 5 nitrogen and oxygen atoms in total. The number of rotatable bonds is 6. The normalized spacial score (nSPS) is 10.5. The monoisotopic (exact) mass is 310 g/mol. The maximum atomic E-state index is 5.33. The van der Waals surface area contributed by atoms with E-state index in [-0.39, 0.29) is 0 Å². The van der Waals surface area contributed by atoms with E-state index in [0.717, 1.165) is 23.5 Å². The van der Waals surface area contributed by atoms with E-state index in [9.17, 15) is 0 Å². The van der Waals surface area contributed by atoms with Crippen molar-refractivity contribution in [3.8, 4) is 22.9 Å². The van der Waals surface area contributed by atoms with E-state index in [2.05, 4.69) is 10.1 Å². The predicted octanol–water partition coefficient (Wildman–Crippen LogP) is 3.54. The summed E-state index contributed by atoms with van der Waals surface area (Å²) < 4.78 is 15.7. The first-order valence-corrected chi connectivity index (χ1v) is 7.38. The topological polar surface area (TPSA) is 57.4 Å². The molecule has 0 saturated carbocycles. The summed E-state index contributed by atoms with van der Waals surface area (Å²) in [7, 11) is 3.29. The van der Waals surface area contributed by atoms with Gasteiger partial charge in [-0.2, -0.15) is 4.98 Å². The highest BCUT2D eigenvalue weighted by Gasteiger charge is 2.09. The molecule has 0 unspecified atom stereocenters. The summed E-state index contributed by atoms with van der Waals surface area (Å²) in [4.78, 5) is 4.45. The van der Waals surface area contributed by atoms with E-state index in [0.29, 0.717) is 18.1 Å². The second kappa shape index (κ2) is 6.96. The molecular weight excluding hydrogens is 292 g/mol. The molecule has 0 aliphatic carbocycles. The molecule has 0 radical (unpaired) electrons. The highest BCUT2D eigenvalue weighted by molar-refractivity contribution is 5.56. The first-order valence-electron chi connectivity index (χ1n) is 7.38. The number of aryl methyl sites for hydroxylation is 2. The van der Waals surface area contributed by atoms with Gasteiger partial charge in [0.1, 0.15) is 11.5 Å². The van der Waals surface area contributed by atoms with Crippen molar-refractivity contribution in [3.63, 3.8) is 0 Å². The molecule has 1 aromatic heterocycles. The standard InChI is InChI=1S/C18H18N2O3/c1-21-15-9-6-13(7-10-15)8-11-17-19-18(20-23-17)14-4-3-5-16(12-14)22-2/h3-7,9-10,12H,8,11H2,1-2H3. The molecule has 0 aliphatic heterocycles. The molecule has 0 amide bonds.